The zero-order chi connectivity index (χ0) is 23.5. The van der Waals surface area contributed by atoms with E-state index in [0.717, 1.165) is 34.4 Å². The zero-order valence-electron chi connectivity index (χ0n) is 19.6. The Morgan fingerprint density at radius 1 is 0.824 bits per heavy atom. The number of carbonyl (C=O) groups is 1. The lowest BCUT2D eigenvalue weighted by atomic mass is 9.87. The van der Waals surface area contributed by atoms with Crippen LogP contribution in [-0.2, 0) is 0 Å². The Morgan fingerprint density at radius 2 is 1.44 bits per heavy atom. The van der Waals surface area contributed by atoms with Crippen molar-refractivity contribution in [1.82, 2.24) is 9.88 Å². The van der Waals surface area contributed by atoms with Gasteiger partial charge in [-0.3, -0.25) is 9.78 Å². The molecule has 168 valence electrons. The summed E-state index contributed by atoms with van der Waals surface area (Å²) in [5.74, 6) is 0.0386. The molecule has 0 spiro atoms. The molecule has 0 fully saturated rings. The molecule has 1 aliphatic heterocycles. The molecular formula is C31H28N2O. The van der Waals surface area contributed by atoms with Crippen LogP contribution in [0.3, 0.4) is 0 Å². The molecule has 1 amide bonds. The third-order valence-corrected chi connectivity index (χ3v) is 6.61. The Kier molecular flexibility index (Phi) is 6.09. The second kappa shape index (κ2) is 9.48. The quantitative estimate of drug-likeness (QED) is 0.309. The Bertz CT molecular complexity index is 1310. The number of aromatic nitrogens is 1. The average Bonchev–Trinajstić information content (AvgIpc) is 2.89. The summed E-state index contributed by atoms with van der Waals surface area (Å²) < 4.78 is 0. The van der Waals surface area contributed by atoms with Crippen molar-refractivity contribution in [2.75, 3.05) is 0 Å². The van der Waals surface area contributed by atoms with E-state index in [9.17, 15) is 4.79 Å². The van der Waals surface area contributed by atoms with Crippen LogP contribution in [0.1, 0.15) is 52.5 Å². The smallest absolute Gasteiger partial charge is 0.255 e. The van der Waals surface area contributed by atoms with Crippen molar-refractivity contribution in [2.45, 2.75) is 32.4 Å². The Hall–Kier alpha value is -3.98. The molecule has 0 saturated carbocycles. The largest absolute Gasteiger partial charge is 0.320 e. The molecule has 2 unspecified atom stereocenters. The average molecular weight is 445 g/mol. The highest BCUT2D eigenvalue weighted by atomic mass is 16.2. The number of carbonyl (C=O) groups excluding carboxylic acids is 1. The van der Waals surface area contributed by atoms with E-state index in [1.54, 1.807) is 0 Å². The van der Waals surface area contributed by atoms with Crippen molar-refractivity contribution < 1.29 is 4.79 Å². The van der Waals surface area contributed by atoms with Gasteiger partial charge in [0.05, 0.1) is 17.8 Å². The number of rotatable bonds is 4. The number of amides is 1. The van der Waals surface area contributed by atoms with Crippen molar-refractivity contribution in [3.05, 3.63) is 137 Å². The van der Waals surface area contributed by atoms with E-state index in [1.165, 1.54) is 5.57 Å². The van der Waals surface area contributed by atoms with Crippen LogP contribution in [0.5, 0.6) is 0 Å². The molecule has 34 heavy (non-hydrogen) atoms. The van der Waals surface area contributed by atoms with E-state index in [0.29, 0.717) is 5.56 Å². The second-order valence-corrected chi connectivity index (χ2v) is 8.89. The summed E-state index contributed by atoms with van der Waals surface area (Å²) in [5.41, 5.74) is 7.27. The summed E-state index contributed by atoms with van der Waals surface area (Å²) in [6.07, 6.45) is 4.99. The summed E-state index contributed by atoms with van der Waals surface area (Å²) in [7, 11) is 0. The maximum atomic E-state index is 14.0. The minimum atomic E-state index is -0.123. The van der Waals surface area contributed by atoms with Crippen LogP contribution in [0.15, 0.2) is 115 Å². The highest BCUT2D eigenvalue weighted by molar-refractivity contribution is 5.95. The van der Waals surface area contributed by atoms with E-state index < -0.39 is 0 Å². The summed E-state index contributed by atoms with van der Waals surface area (Å²) in [6, 6.07) is 32.1. The maximum Gasteiger partial charge on any atom is 0.255 e. The number of pyridine rings is 1. The van der Waals surface area contributed by atoms with Crippen molar-refractivity contribution >= 4 is 5.91 Å². The fourth-order valence-electron chi connectivity index (χ4n) is 4.94. The molecule has 0 bridgehead atoms. The predicted molar refractivity (Wildman–Crippen MR) is 137 cm³/mol. The molecule has 3 aromatic carbocycles. The summed E-state index contributed by atoms with van der Waals surface area (Å²) in [6.45, 7) is 4.22. The van der Waals surface area contributed by atoms with Crippen molar-refractivity contribution in [1.29, 1.82) is 0 Å². The lowest BCUT2D eigenvalue weighted by Crippen LogP contribution is -2.40. The first-order valence-corrected chi connectivity index (χ1v) is 11.7. The van der Waals surface area contributed by atoms with Crippen LogP contribution < -0.4 is 0 Å². The van der Waals surface area contributed by atoms with Crippen LogP contribution >= 0.6 is 0 Å². The number of hydrogen-bond acceptors (Lipinski definition) is 2. The van der Waals surface area contributed by atoms with Crippen LogP contribution in [0.4, 0.5) is 0 Å². The van der Waals surface area contributed by atoms with Gasteiger partial charge in [0.15, 0.2) is 0 Å². The summed E-state index contributed by atoms with van der Waals surface area (Å²) in [5, 5.41) is 0. The Morgan fingerprint density at radius 3 is 2.09 bits per heavy atom. The van der Waals surface area contributed by atoms with Crippen molar-refractivity contribution in [3.63, 3.8) is 0 Å². The molecule has 0 radical (unpaired) electrons. The van der Waals surface area contributed by atoms with Gasteiger partial charge in [0, 0.05) is 17.3 Å². The first-order chi connectivity index (χ1) is 16.6. The fraction of sp³-hybridized carbons (Fsp3) is 0.161. The molecule has 0 saturated heterocycles. The first-order valence-electron chi connectivity index (χ1n) is 11.7. The lowest BCUT2D eigenvalue weighted by molar-refractivity contribution is 0.0582. The normalized spacial score (nSPS) is 17.8. The molecule has 2 heterocycles. The molecule has 5 rings (SSSR count). The van der Waals surface area contributed by atoms with E-state index in [-0.39, 0.29) is 18.0 Å². The van der Waals surface area contributed by atoms with Gasteiger partial charge < -0.3 is 4.90 Å². The van der Waals surface area contributed by atoms with Crippen LogP contribution in [0.25, 0.3) is 11.3 Å². The van der Waals surface area contributed by atoms with Gasteiger partial charge in [-0.25, -0.2) is 0 Å². The molecule has 0 N–H and O–H groups in total. The molecule has 4 aromatic rings. The molecule has 2 atom stereocenters. The second-order valence-electron chi connectivity index (χ2n) is 8.89. The predicted octanol–water partition coefficient (Wildman–Crippen LogP) is 7.33. The highest BCUT2D eigenvalue weighted by Crippen LogP contribution is 2.43. The third-order valence-electron chi connectivity index (χ3n) is 6.61. The van der Waals surface area contributed by atoms with E-state index in [1.807, 2.05) is 72.9 Å². The molecule has 0 aliphatic carbocycles. The standard InChI is InChI=1S/C31H28N2O/c1-22-18-19-28(27-20-23(2)29(32-21-27)24-12-6-3-7-13-24)33(30(22)25-14-8-4-9-15-25)31(34)26-16-10-5-11-17-26/h3-18,20-21,28,30H,19H2,1-2H3. The van der Waals surface area contributed by atoms with Crippen molar-refractivity contribution in [3.8, 4) is 11.3 Å². The maximum absolute atomic E-state index is 14.0. The Balaban J connectivity index is 1.60. The fourth-order valence-corrected chi connectivity index (χ4v) is 4.94. The van der Waals surface area contributed by atoms with Gasteiger partial charge in [-0.2, -0.15) is 0 Å². The number of hydrogen-bond donors (Lipinski definition) is 0. The SMILES string of the molecule is CC1=CCC(c2cnc(-c3ccccc3)c(C)c2)N(C(=O)c2ccccc2)C1c1ccccc1. The first kappa shape index (κ1) is 21.8. The van der Waals surface area contributed by atoms with Gasteiger partial charge in [0.1, 0.15) is 0 Å². The zero-order valence-corrected chi connectivity index (χ0v) is 19.6. The molecule has 3 nitrogen and oxygen atoms in total. The van der Waals surface area contributed by atoms with Gasteiger partial charge in [-0.15, -0.1) is 0 Å². The molecule has 3 heteroatoms. The highest BCUT2D eigenvalue weighted by Gasteiger charge is 2.37. The van der Waals surface area contributed by atoms with Crippen LogP contribution in [-0.4, -0.2) is 15.8 Å². The number of aryl methyl sites for hydroxylation is 1. The van der Waals surface area contributed by atoms with Gasteiger partial charge >= 0.3 is 0 Å². The Labute approximate surface area is 201 Å². The third kappa shape index (κ3) is 4.17. The molecule has 1 aliphatic rings. The lowest BCUT2D eigenvalue weighted by Gasteiger charge is -2.42. The summed E-state index contributed by atoms with van der Waals surface area (Å²) >= 11 is 0. The minimum absolute atomic E-state index is 0.0386. The van der Waals surface area contributed by atoms with Gasteiger partial charge in [0.25, 0.3) is 5.91 Å². The van der Waals surface area contributed by atoms with Crippen molar-refractivity contribution in [2.24, 2.45) is 0 Å². The minimum Gasteiger partial charge on any atom is -0.320 e. The number of nitrogens with zero attached hydrogens (tertiary/aromatic N) is 2. The molecular weight excluding hydrogens is 416 g/mol. The number of benzene rings is 3. The van der Waals surface area contributed by atoms with E-state index in [4.69, 9.17) is 4.98 Å². The van der Waals surface area contributed by atoms with Gasteiger partial charge in [-0.1, -0.05) is 96.6 Å². The summed E-state index contributed by atoms with van der Waals surface area (Å²) in [4.78, 5) is 20.9. The van der Waals surface area contributed by atoms with E-state index in [2.05, 4.69) is 55.2 Å². The van der Waals surface area contributed by atoms with Crippen LogP contribution in [0.2, 0.25) is 0 Å². The van der Waals surface area contributed by atoms with Gasteiger partial charge in [0.2, 0.25) is 0 Å². The van der Waals surface area contributed by atoms with Crippen LogP contribution in [0, 0.1) is 6.92 Å². The monoisotopic (exact) mass is 444 g/mol. The molecule has 1 aromatic heterocycles. The van der Waals surface area contributed by atoms with Gasteiger partial charge in [-0.05, 0) is 49.1 Å². The topological polar surface area (TPSA) is 33.2 Å². The van der Waals surface area contributed by atoms with E-state index >= 15 is 0 Å².